The SMILES string of the molecule is COc1cc2ccccc2cc1C(=O)OCC(=O)Nc1ccc(F)cc1. The van der Waals surface area contributed by atoms with Crippen molar-refractivity contribution in [1.29, 1.82) is 0 Å². The Labute approximate surface area is 149 Å². The predicted octanol–water partition coefficient (Wildman–Crippen LogP) is 3.78. The summed E-state index contributed by atoms with van der Waals surface area (Å²) in [5.41, 5.74) is 0.650. The van der Waals surface area contributed by atoms with E-state index in [0.29, 0.717) is 11.4 Å². The van der Waals surface area contributed by atoms with Gasteiger partial charge in [0.05, 0.1) is 7.11 Å². The standard InChI is InChI=1S/C20H16FNO4/c1-25-18-11-14-5-3-2-4-13(14)10-17(18)20(24)26-12-19(23)22-16-8-6-15(21)7-9-16/h2-11H,12H2,1H3,(H,22,23). The van der Waals surface area contributed by atoms with E-state index in [1.165, 1.54) is 31.4 Å². The van der Waals surface area contributed by atoms with E-state index in [-0.39, 0.29) is 5.56 Å². The van der Waals surface area contributed by atoms with E-state index < -0.39 is 24.3 Å². The van der Waals surface area contributed by atoms with Crippen LogP contribution in [-0.2, 0) is 9.53 Å². The molecule has 132 valence electrons. The molecule has 0 fully saturated rings. The molecule has 0 saturated carbocycles. The molecule has 0 bridgehead atoms. The van der Waals surface area contributed by atoms with Gasteiger partial charge in [-0.25, -0.2) is 9.18 Å². The van der Waals surface area contributed by atoms with Crippen LogP contribution in [0.25, 0.3) is 10.8 Å². The molecule has 26 heavy (non-hydrogen) atoms. The van der Waals surface area contributed by atoms with E-state index in [1.807, 2.05) is 24.3 Å². The number of carbonyl (C=O) groups is 2. The third kappa shape index (κ3) is 3.97. The highest BCUT2D eigenvalue weighted by atomic mass is 19.1. The first kappa shape index (κ1) is 17.4. The number of rotatable bonds is 5. The highest BCUT2D eigenvalue weighted by molar-refractivity contribution is 6.00. The maximum Gasteiger partial charge on any atom is 0.342 e. The van der Waals surface area contributed by atoms with Crippen molar-refractivity contribution < 1.29 is 23.5 Å². The maximum atomic E-state index is 12.9. The largest absolute Gasteiger partial charge is 0.496 e. The van der Waals surface area contributed by atoms with Gasteiger partial charge in [0.2, 0.25) is 0 Å². The van der Waals surface area contributed by atoms with Gasteiger partial charge in [-0.3, -0.25) is 4.79 Å². The summed E-state index contributed by atoms with van der Waals surface area (Å²) < 4.78 is 23.2. The summed E-state index contributed by atoms with van der Waals surface area (Å²) in [6.07, 6.45) is 0. The van der Waals surface area contributed by atoms with Crippen LogP contribution < -0.4 is 10.1 Å². The van der Waals surface area contributed by atoms with Gasteiger partial charge in [-0.05, 0) is 47.2 Å². The number of anilines is 1. The molecule has 0 aliphatic rings. The molecule has 0 aliphatic heterocycles. The summed E-state index contributed by atoms with van der Waals surface area (Å²) in [5.74, 6) is -1.22. The van der Waals surface area contributed by atoms with E-state index >= 15 is 0 Å². The smallest absolute Gasteiger partial charge is 0.342 e. The van der Waals surface area contributed by atoms with Crippen LogP contribution in [0.4, 0.5) is 10.1 Å². The number of carbonyl (C=O) groups excluding carboxylic acids is 2. The Bertz CT molecular complexity index is 954. The molecule has 0 aromatic heterocycles. The fraction of sp³-hybridized carbons (Fsp3) is 0.100. The van der Waals surface area contributed by atoms with Crippen LogP contribution in [0.2, 0.25) is 0 Å². The molecular formula is C20H16FNO4. The molecule has 0 saturated heterocycles. The molecule has 3 aromatic rings. The summed E-state index contributed by atoms with van der Waals surface area (Å²) in [7, 11) is 1.46. The Morgan fingerprint density at radius 2 is 1.65 bits per heavy atom. The molecule has 0 radical (unpaired) electrons. The van der Waals surface area contributed by atoms with E-state index in [4.69, 9.17) is 9.47 Å². The Hall–Kier alpha value is -3.41. The van der Waals surface area contributed by atoms with Crippen LogP contribution in [0.3, 0.4) is 0 Å². The molecule has 0 aliphatic carbocycles. The number of hydrogen-bond acceptors (Lipinski definition) is 4. The van der Waals surface area contributed by atoms with Crippen molar-refractivity contribution in [2.24, 2.45) is 0 Å². The summed E-state index contributed by atoms with van der Waals surface area (Å²) >= 11 is 0. The van der Waals surface area contributed by atoms with Gasteiger partial charge < -0.3 is 14.8 Å². The lowest BCUT2D eigenvalue weighted by Gasteiger charge is -2.11. The zero-order valence-electron chi connectivity index (χ0n) is 14.0. The second-order valence-corrected chi connectivity index (χ2v) is 5.53. The van der Waals surface area contributed by atoms with Gasteiger partial charge in [0.1, 0.15) is 17.1 Å². The van der Waals surface area contributed by atoms with Gasteiger partial charge >= 0.3 is 5.97 Å². The van der Waals surface area contributed by atoms with E-state index in [2.05, 4.69) is 5.32 Å². The van der Waals surface area contributed by atoms with Crippen molar-refractivity contribution in [3.8, 4) is 5.75 Å². The average Bonchev–Trinajstić information content (AvgIpc) is 2.66. The fourth-order valence-electron chi connectivity index (χ4n) is 2.49. The van der Waals surface area contributed by atoms with E-state index in [1.54, 1.807) is 12.1 Å². The third-order valence-electron chi connectivity index (χ3n) is 3.75. The van der Waals surface area contributed by atoms with Crippen LogP contribution in [-0.4, -0.2) is 25.6 Å². The quantitative estimate of drug-likeness (QED) is 0.709. The van der Waals surface area contributed by atoms with E-state index in [0.717, 1.165) is 10.8 Å². The van der Waals surface area contributed by atoms with Crippen molar-refractivity contribution in [2.45, 2.75) is 0 Å². The summed E-state index contributed by atoms with van der Waals surface area (Å²) in [6, 6.07) is 16.2. The predicted molar refractivity (Wildman–Crippen MR) is 95.8 cm³/mol. The van der Waals surface area contributed by atoms with Gasteiger partial charge in [-0.15, -0.1) is 0 Å². The molecule has 5 nitrogen and oxygen atoms in total. The molecule has 0 spiro atoms. The fourth-order valence-corrected chi connectivity index (χ4v) is 2.49. The summed E-state index contributed by atoms with van der Waals surface area (Å²) in [4.78, 5) is 24.2. The first-order chi connectivity index (χ1) is 12.6. The number of halogens is 1. The maximum absolute atomic E-state index is 12.9. The van der Waals surface area contributed by atoms with Gasteiger partial charge in [-0.1, -0.05) is 24.3 Å². The Morgan fingerprint density at radius 1 is 1.00 bits per heavy atom. The second kappa shape index (κ2) is 7.65. The Morgan fingerprint density at radius 3 is 2.31 bits per heavy atom. The first-order valence-corrected chi connectivity index (χ1v) is 7.86. The van der Waals surface area contributed by atoms with Crippen LogP contribution in [0.5, 0.6) is 5.75 Å². The van der Waals surface area contributed by atoms with Crippen LogP contribution in [0, 0.1) is 5.82 Å². The minimum Gasteiger partial charge on any atom is -0.496 e. The minimum atomic E-state index is -0.665. The average molecular weight is 353 g/mol. The lowest BCUT2D eigenvalue weighted by Crippen LogP contribution is -2.21. The van der Waals surface area contributed by atoms with Crippen molar-refractivity contribution in [2.75, 3.05) is 19.0 Å². The van der Waals surface area contributed by atoms with Gasteiger partial charge in [0, 0.05) is 5.69 Å². The van der Waals surface area contributed by atoms with Gasteiger partial charge in [-0.2, -0.15) is 0 Å². The lowest BCUT2D eigenvalue weighted by molar-refractivity contribution is -0.119. The highest BCUT2D eigenvalue weighted by Crippen LogP contribution is 2.26. The number of benzene rings is 3. The molecular weight excluding hydrogens is 337 g/mol. The summed E-state index contributed by atoms with van der Waals surface area (Å²) in [6.45, 7) is -0.466. The molecule has 6 heteroatoms. The number of nitrogens with one attached hydrogen (secondary N) is 1. The number of hydrogen-bond donors (Lipinski definition) is 1. The summed E-state index contributed by atoms with van der Waals surface area (Å²) in [5, 5.41) is 4.30. The number of methoxy groups -OCH3 is 1. The molecule has 3 aromatic carbocycles. The molecule has 0 atom stereocenters. The Balaban J connectivity index is 1.68. The molecule has 0 heterocycles. The number of fused-ring (bicyclic) bond motifs is 1. The van der Waals surface area contributed by atoms with Crippen LogP contribution in [0.1, 0.15) is 10.4 Å². The minimum absolute atomic E-state index is 0.237. The first-order valence-electron chi connectivity index (χ1n) is 7.86. The van der Waals surface area contributed by atoms with Crippen molar-refractivity contribution in [3.05, 3.63) is 72.0 Å². The lowest BCUT2D eigenvalue weighted by atomic mass is 10.1. The highest BCUT2D eigenvalue weighted by Gasteiger charge is 2.16. The molecule has 0 unspecified atom stereocenters. The number of esters is 1. The van der Waals surface area contributed by atoms with Crippen LogP contribution in [0.15, 0.2) is 60.7 Å². The van der Waals surface area contributed by atoms with Crippen LogP contribution >= 0.6 is 0 Å². The van der Waals surface area contributed by atoms with E-state index in [9.17, 15) is 14.0 Å². The van der Waals surface area contributed by atoms with Crippen molar-refractivity contribution in [3.63, 3.8) is 0 Å². The number of ether oxygens (including phenoxy) is 2. The second-order valence-electron chi connectivity index (χ2n) is 5.53. The molecule has 3 rings (SSSR count). The topological polar surface area (TPSA) is 64.6 Å². The van der Waals surface area contributed by atoms with Crippen molar-refractivity contribution >= 4 is 28.3 Å². The monoisotopic (exact) mass is 353 g/mol. The zero-order chi connectivity index (χ0) is 18.5. The normalized spacial score (nSPS) is 10.4. The molecule has 1 N–H and O–H groups in total. The van der Waals surface area contributed by atoms with Gasteiger partial charge in [0.25, 0.3) is 5.91 Å². The van der Waals surface area contributed by atoms with Crippen molar-refractivity contribution in [1.82, 2.24) is 0 Å². The Kier molecular flexibility index (Phi) is 5.12. The number of amides is 1. The molecule has 1 amide bonds. The van der Waals surface area contributed by atoms with Gasteiger partial charge in [0.15, 0.2) is 6.61 Å². The zero-order valence-corrected chi connectivity index (χ0v) is 14.0. The third-order valence-corrected chi connectivity index (χ3v) is 3.75.